The molecular formula is C17H24FN. The van der Waals surface area contributed by atoms with Gasteiger partial charge in [-0.25, -0.2) is 4.39 Å². The van der Waals surface area contributed by atoms with Gasteiger partial charge in [-0.15, -0.1) is 0 Å². The van der Waals surface area contributed by atoms with E-state index in [1.54, 1.807) is 12.1 Å². The van der Waals surface area contributed by atoms with Gasteiger partial charge in [0.2, 0.25) is 0 Å². The van der Waals surface area contributed by atoms with Crippen LogP contribution in [0.15, 0.2) is 18.2 Å². The largest absolute Gasteiger partial charge is 0.316 e. The topological polar surface area (TPSA) is 12.0 Å². The van der Waals surface area contributed by atoms with Crippen LogP contribution in [0, 0.1) is 24.6 Å². The van der Waals surface area contributed by atoms with Crippen molar-refractivity contribution in [3.63, 3.8) is 0 Å². The van der Waals surface area contributed by atoms with E-state index < -0.39 is 0 Å². The molecule has 19 heavy (non-hydrogen) atoms. The summed E-state index contributed by atoms with van der Waals surface area (Å²) in [6, 6.07) is 5.32. The number of nitrogens with one attached hydrogen (secondary N) is 1. The fourth-order valence-electron chi connectivity index (χ4n) is 4.16. The molecule has 1 aliphatic carbocycles. The van der Waals surface area contributed by atoms with Crippen molar-refractivity contribution in [1.82, 2.24) is 5.32 Å². The van der Waals surface area contributed by atoms with Gasteiger partial charge in [0.05, 0.1) is 0 Å². The number of hydrogen-bond acceptors (Lipinski definition) is 1. The molecule has 1 heterocycles. The van der Waals surface area contributed by atoms with Crippen molar-refractivity contribution in [3.05, 3.63) is 35.1 Å². The van der Waals surface area contributed by atoms with Crippen LogP contribution in [0.2, 0.25) is 0 Å². The second-order valence-corrected chi connectivity index (χ2v) is 6.31. The van der Waals surface area contributed by atoms with Gasteiger partial charge in [0.15, 0.2) is 0 Å². The Morgan fingerprint density at radius 3 is 2.74 bits per heavy atom. The van der Waals surface area contributed by atoms with Crippen LogP contribution >= 0.6 is 0 Å². The van der Waals surface area contributed by atoms with E-state index in [4.69, 9.17) is 0 Å². The minimum absolute atomic E-state index is 0.0793. The minimum atomic E-state index is -0.0793. The second kappa shape index (κ2) is 5.62. The van der Waals surface area contributed by atoms with Crippen LogP contribution in [0.25, 0.3) is 0 Å². The molecule has 1 saturated heterocycles. The highest BCUT2D eigenvalue weighted by Crippen LogP contribution is 2.42. The Hall–Kier alpha value is -0.890. The predicted molar refractivity (Wildman–Crippen MR) is 76.8 cm³/mol. The lowest BCUT2D eigenvalue weighted by atomic mass is 9.72. The third-order valence-corrected chi connectivity index (χ3v) is 5.18. The van der Waals surface area contributed by atoms with Gasteiger partial charge in [0.1, 0.15) is 5.82 Å². The molecule has 2 atom stereocenters. The van der Waals surface area contributed by atoms with Gasteiger partial charge in [-0.3, -0.25) is 0 Å². The van der Waals surface area contributed by atoms with Gasteiger partial charge >= 0.3 is 0 Å². The number of rotatable bonds is 2. The lowest BCUT2D eigenvalue weighted by molar-refractivity contribution is 0.230. The quantitative estimate of drug-likeness (QED) is 0.848. The van der Waals surface area contributed by atoms with Crippen LogP contribution in [0.4, 0.5) is 4.39 Å². The first-order chi connectivity index (χ1) is 9.25. The maximum atomic E-state index is 13.6. The van der Waals surface area contributed by atoms with E-state index in [0.29, 0.717) is 11.8 Å². The predicted octanol–water partition coefficient (Wildman–Crippen LogP) is 4.02. The average molecular weight is 261 g/mol. The summed E-state index contributed by atoms with van der Waals surface area (Å²) in [6.07, 6.45) is 6.67. The molecule has 1 saturated carbocycles. The van der Waals surface area contributed by atoms with Gasteiger partial charge in [-0.2, -0.15) is 0 Å². The molecule has 1 aliphatic heterocycles. The molecule has 2 fully saturated rings. The van der Waals surface area contributed by atoms with Crippen LogP contribution in [-0.4, -0.2) is 13.1 Å². The fraction of sp³-hybridized carbons (Fsp3) is 0.647. The highest BCUT2D eigenvalue weighted by molar-refractivity contribution is 5.31. The molecule has 1 aromatic carbocycles. The van der Waals surface area contributed by atoms with Crippen molar-refractivity contribution in [2.24, 2.45) is 11.8 Å². The Morgan fingerprint density at radius 2 is 1.95 bits per heavy atom. The van der Waals surface area contributed by atoms with E-state index in [1.807, 2.05) is 6.07 Å². The summed E-state index contributed by atoms with van der Waals surface area (Å²) in [7, 11) is 0. The molecule has 0 spiro atoms. The molecule has 3 rings (SSSR count). The molecule has 2 aliphatic rings. The number of hydrogen-bond donors (Lipinski definition) is 1. The Kier molecular flexibility index (Phi) is 3.88. The highest BCUT2D eigenvalue weighted by atomic mass is 19.1. The van der Waals surface area contributed by atoms with Crippen LogP contribution in [0.5, 0.6) is 0 Å². The number of piperidine rings is 1. The van der Waals surface area contributed by atoms with Crippen LogP contribution in [0.3, 0.4) is 0 Å². The minimum Gasteiger partial charge on any atom is -0.316 e. The molecule has 0 radical (unpaired) electrons. The van der Waals surface area contributed by atoms with E-state index in [1.165, 1.54) is 36.8 Å². The number of halogens is 1. The van der Waals surface area contributed by atoms with Crippen molar-refractivity contribution >= 4 is 0 Å². The van der Waals surface area contributed by atoms with E-state index in [-0.39, 0.29) is 5.82 Å². The SMILES string of the molecule is Cc1ccc(F)cc1C1CCNCC1C1CCCC1. The lowest BCUT2D eigenvalue weighted by Gasteiger charge is -2.37. The third kappa shape index (κ3) is 2.69. The summed E-state index contributed by atoms with van der Waals surface area (Å²) in [4.78, 5) is 0. The van der Waals surface area contributed by atoms with E-state index in [0.717, 1.165) is 25.4 Å². The normalized spacial score (nSPS) is 28.7. The average Bonchev–Trinajstić information content (AvgIpc) is 2.95. The Balaban J connectivity index is 1.88. The van der Waals surface area contributed by atoms with E-state index in [9.17, 15) is 4.39 Å². The fourth-order valence-corrected chi connectivity index (χ4v) is 4.16. The summed E-state index contributed by atoms with van der Waals surface area (Å²) < 4.78 is 13.6. The Morgan fingerprint density at radius 1 is 1.16 bits per heavy atom. The zero-order chi connectivity index (χ0) is 13.2. The first kappa shape index (κ1) is 13.1. The van der Waals surface area contributed by atoms with Crippen molar-refractivity contribution in [2.75, 3.05) is 13.1 Å². The molecule has 0 amide bonds. The summed E-state index contributed by atoms with van der Waals surface area (Å²) in [5.74, 6) is 2.03. The molecule has 0 aromatic heterocycles. The summed E-state index contributed by atoms with van der Waals surface area (Å²) in [5, 5.41) is 3.55. The maximum absolute atomic E-state index is 13.6. The summed E-state index contributed by atoms with van der Waals surface area (Å²) in [6.45, 7) is 4.32. The third-order valence-electron chi connectivity index (χ3n) is 5.18. The van der Waals surface area contributed by atoms with Gasteiger partial charge < -0.3 is 5.32 Å². The van der Waals surface area contributed by atoms with E-state index >= 15 is 0 Å². The monoisotopic (exact) mass is 261 g/mol. The van der Waals surface area contributed by atoms with Gasteiger partial charge in [-0.1, -0.05) is 31.7 Å². The second-order valence-electron chi connectivity index (χ2n) is 6.31. The van der Waals surface area contributed by atoms with Crippen LogP contribution in [-0.2, 0) is 0 Å². The highest BCUT2D eigenvalue weighted by Gasteiger charge is 2.34. The van der Waals surface area contributed by atoms with Crippen molar-refractivity contribution in [2.45, 2.75) is 44.9 Å². The lowest BCUT2D eigenvalue weighted by Crippen LogP contribution is -2.39. The van der Waals surface area contributed by atoms with Crippen molar-refractivity contribution < 1.29 is 4.39 Å². The van der Waals surface area contributed by atoms with Gasteiger partial charge in [-0.05, 0) is 67.4 Å². The zero-order valence-electron chi connectivity index (χ0n) is 11.8. The van der Waals surface area contributed by atoms with Gasteiger partial charge in [0.25, 0.3) is 0 Å². The first-order valence-corrected chi connectivity index (χ1v) is 7.72. The van der Waals surface area contributed by atoms with Crippen molar-refractivity contribution in [3.8, 4) is 0 Å². The number of aryl methyl sites for hydroxylation is 1. The molecule has 2 heteroatoms. The van der Waals surface area contributed by atoms with Crippen LogP contribution < -0.4 is 5.32 Å². The maximum Gasteiger partial charge on any atom is 0.123 e. The standard InChI is InChI=1S/C17H24FN/c1-12-6-7-14(18)10-16(12)15-8-9-19-11-17(15)13-4-2-3-5-13/h6-7,10,13,15,17,19H,2-5,8-9,11H2,1H3. The summed E-state index contributed by atoms with van der Waals surface area (Å²) >= 11 is 0. The smallest absolute Gasteiger partial charge is 0.123 e. The van der Waals surface area contributed by atoms with Crippen molar-refractivity contribution in [1.29, 1.82) is 0 Å². The molecule has 0 bridgehead atoms. The Bertz CT molecular complexity index is 437. The molecule has 2 unspecified atom stereocenters. The van der Waals surface area contributed by atoms with E-state index in [2.05, 4.69) is 12.2 Å². The zero-order valence-corrected chi connectivity index (χ0v) is 11.8. The molecule has 104 valence electrons. The van der Waals surface area contributed by atoms with Crippen LogP contribution in [0.1, 0.15) is 49.1 Å². The molecule has 1 aromatic rings. The first-order valence-electron chi connectivity index (χ1n) is 7.72. The number of benzene rings is 1. The molecule has 1 N–H and O–H groups in total. The summed E-state index contributed by atoms with van der Waals surface area (Å²) in [5.41, 5.74) is 2.52. The molecular weight excluding hydrogens is 237 g/mol. The Labute approximate surface area is 115 Å². The molecule has 1 nitrogen and oxygen atoms in total. The van der Waals surface area contributed by atoms with Gasteiger partial charge in [0, 0.05) is 0 Å².